The van der Waals surface area contributed by atoms with Gasteiger partial charge in [0.2, 0.25) is 0 Å². The van der Waals surface area contributed by atoms with Gasteiger partial charge in [-0.25, -0.2) is 0 Å². The van der Waals surface area contributed by atoms with Crippen molar-refractivity contribution in [2.24, 2.45) is 11.8 Å². The molecule has 2 unspecified atom stereocenters. The van der Waals surface area contributed by atoms with Crippen molar-refractivity contribution < 1.29 is 61.3 Å². The zero-order valence-corrected chi connectivity index (χ0v) is 9.79. The van der Waals surface area contributed by atoms with E-state index in [0.717, 1.165) is 12.8 Å². The van der Waals surface area contributed by atoms with Crippen LogP contribution in [0.4, 0.5) is 0 Å². The van der Waals surface area contributed by atoms with E-state index in [2.05, 4.69) is 0 Å². The van der Waals surface area contributed by atoms with Crippen molar-refractivity contribution in [1.29, 1.82) is 0 Å². The zero-order chi connectivity index (χ0) is 7.14. The van der Waals surface area contributed by atoms with Crippen LogP contribution in [0.15, 0.2) is 11.6 Å². The monoisotopic (exact) mass is 176 g/mol. The Bertz CT molecular complexity index is 210. The summed E-state index contributed by atoms with van der Waals surface area (Å²) in [5.74, 6) is 0.0464. The number of fused-ring (bicyclic) bond motifs is 1. The standard InChI is InChI=1S/C8H10O2.K/c9-8(10)7-4-2-5-1-3-6(5)7;/h4-6H,1-3H2,(H,9,10);/q;+1/p-1. The molecular weight excluding hydrogens is 167 g/mol. The van der Waals surface area contributed by atoms with E-state index in [-0.39, 0.29) is 51.4 Å². The molecule has 0 aromatic heterocycles. The Labute approximate surface area is 108 Å². The third-order valence-electron chi connectivity index (χ3n) is 2.69. The average molecular weight is 176 g/mol. The van der Waals surface area contributed by atoms with Crippen LogP contribution in [0.3, 0.4) is 0 Å². The molecule has 0 amide bonds. The molecule has 0 spiro atoms. The molecule has 2 rings (SSSR count). The normalized spacial score (nSPS) is 32.9. The van der Waals surface area contributed by atoms with Crippen molar-refractivity contribution >= 4 is 5.97 Å². The molecule has 0 saturated heterocycles. The number of carboxylic acid groups (broad SMARTS) is 1. The second kappa shape index (κ2) is 3.71. The molecule has 0 radical (unpaired) electrons. The molecule has 0 bridgehead atoms. The minimum Gasteiger partial charge on any atom is -0.545 e. The van der Waals surface area contributed by atoms with Gasteiger partial charge >= 0.3 is 51.4 Å². The van der Waals surface area contributed by atoms with Gasteiger partial charge in [-0.15, -0.1) is 0 Å². The van der Waals surface area contributed by atoms with Crippen LogP contribution in [0.25, 0.3) is 0 Å². The summed E-state index contributed by atoms with van der Waals surface area (Å²) in [6.07, 6.45) is 5.06. The number of aliphatic carboxylic acids is 1. The molecule has 0 N–H and O–H groups in total. The molecule has 1 fully saturated rings. The first kappa shape index (κ1) is 9.93. The van der Waals surface area contributed by atoms with Gasteiger partial charge < -0.3 is 9.90 Å². The zero-order valence-electron chi connectivity index (χ0n) is 6.67. The summed E-state index contributed by atoms with van der Waals surface area (Å²) in [6, 6.07) is 0. The van der Waals surface area contributed by atoms with Gasteiger partial charge in [0, 0.05) is 0 Å². The third-order valence-corrected chi connectivity index (χ3v) is 2.69. The Balaban J connectivity index is 0.000000605. The maximum atomic E-state index is 10.4. The predicted octanol–water partition coefficient (Wildman–Crippen LogP) is -2.90. The summed E-state index contributed by atoms with van der Waals surface area (Å²) in [5, 5.41) is 10.4. The largest absolute Gasteiger partial charge is 1.00 e. The Kier molecular flexibility index (Phi) is 3.35. The van der Waals surface area contributed by atoms with Gasteiger partial charge in [-0.2, -0.15) is 0 Å². The van der Waals surface area contributed by atoms with Crippen LogP contribution in [0.2, 0.25) is 0 Å². The van der Waals surface area contributed by atoms with Crippen molar-refractivity contribution in [1.82, 2.24) is 0 Å². The molecule has 1 saturated carbocycles. The maximum absolute atomic E-state index is 10.4. The number of hydrogen-bond donors (Lipinski definition) is 0. The molecule has 2 nitrogen and oxygen atoms in total. The van der Waals surface area contributed by atoms with Crippen molar-refractivity contribution in [3.63, 3.8) is 0 Å². The van der Waals surface area contributed by atoms with Crippen LogP contribution in [-0.4, -0.2) is 5.97 Å². The number of rotatable bonds is 1. The van der Waals surface area contributed by atoms with E-state index in [1.54, 1.807) is 0 Å². The van der Waals surface area contributed by atoms with Crippen molar-refractivity contribution in [3.05, 3.63) is 11.6 Å². The number of carbonyl (C=O) groups is 1. The Morgan fingerprint density at radius 2 is 2.27 bits per heavy atom. The second-order valence-corrected chi connectivity index (χ2v) is 3.13. The van der Waals surface area contributed by atoms with Crippen LogP contribution in [0.1, 0.15) is 19.3 Å². The van der Waals surface area contributed by atoms with Crippen LogP contribution in [0, 0.1) is 11.8 Å². The van der Waals surface area contributed by atoms with Gasteiger partial charge in [0.1, 0.15) is 0 Å². The van der Waals surface area contributed by atoms with E-state index in [9.17, 15) is 9.90 Å². The van der Waals surface area contributed by atoms with Gasteiger partial charge in [-0.3, -0.25) is 0 Å². The SMILES string of the molecule is O=C([O-])C1=CCC2CCC12.[K+]. The Morgan fingerprint density at radius 1 is 1.55 bits per heavy atom. The molecule has 2 atom stereocenters. The summed E-state index contributed by atoms with van der Waals surface area (Å²) >= 11 is 0. The van der Waals surface area contributed by atoms with Crippen LogP contribution < -0.4 is 56.5 Å². The first-order chi connectivity index (χ1) is 4.79. The predicted molar refractivity (Wildman–Crippen MR) is 33.9 cm³/mol. The summed E-state index contributed by atoms with van der Waals surface area (Å²) in [7, 11) is 0. The molecule has 0 aliphatic heterocycles. The average Bonchev–Trinajstić information content (AvgIpc) is 2.07. The summed E-state index contributed by atoms with van der Waals surface area (Å²) in [5.41, 5.74) is 0.566. The fraction of sp³-hybridized carbons (Fsp3) is 0.625. The smallest absolute Gasteiger partial charge is 0.545 e. The first-order valence-corrected chi connectivity index (χ1v) is 3.70. The third kappa shape index (κ3) is 1.63. The van der Waals surface area contributed by atoms with E-state index >= 15 is 0 Å². The van der Waals surface area contributed by atoms with E-state index < -0.39 is 5.97 Å². The molecule has 2 aliphatic carbocycles. The van der Waals surface area contributed by atoms with E-state index in [1.807, 2.05) is 6.08 Å². The van der Waals surface area contributed by atoms with E-state index in [1.165, 1.54) is 6.42 Å². The number of carbonyl (C=O) groups excluding carboxylic acids is 1. The van der Waals surface area contributed by atoms with Gasteiger partial charge in [-0.1, -0.05) is 6.08 Å². The van der Waals surface area contributed by atoms with Gasteiger partial charge in [0.25, 0.3) is 0 Å². The van der Waals surface area contributed by atoms with Gasteiger partial charge in [0.05, 0.1) is 5.97 Å². The first-order valence-electron chi connectivity index (χ1n) is 3.70. The van der Waals surface area contributed by atoms with E-state index in [0.29, 0.717) is 17.4 Å². The summed E-state index contributed by atoms with van der Waals surface area (Å²) in [6.45, 7) is 0. The molecule has 54 valence electrons. The van der Waals surface area contributed by atoms with E-state index in [4.69, 9.17) is 0 Å². The van der Waals surface area contributed by atoms with Gasteiger partial charge in [0.15, 0.2) is 0 Å². The minimum absolute atomic E-state index is 0. The molecule has 2 aliphatic rings. The topological polar surface area (TPSA) is 40.1 Å². The van der Waals surface area contributed by atoms with Crippen molar-refractivity contribution in [3.8, 4) is 0 Å². The fourth-order valence-electron chi connectivity index (χ4n) is 1.93. The molecule has 0 aromatic carbocycles. The van der Waals surface area contributed by atoms with Crippen molar-refractivity contribution in [2.75, 3.05) is 0 Å². The maximum Gasteiger partial charge on any atom is 1.00 e. The Hall–Kier alpha value is 0.846. The number of carboxylic acids is 1. The second-order valence-electron chi connectivity index (χ2n) is 3.13. The fourth-order valence-corrected chi connectivity index (χ4v) is 1.93. The molecule has 0 aromatic rings. The van der Waals surface area contributed by atoms with Crippen LogP contribution in [0.5, 0.6) is 0 Å². The quantitative estimate of drug-likeness (QED) is 0.402. The van der Waals surface area contributed by atoms with Crippen LogP contribution in [-0.2, 0) is 4.79 Å². The summed E-state index contributed by atoms with van der Waals surface area (Å²) < 4.78 is 0. The molecule has 0 heterocycles. The summed E-state index contributed by atoms with van der Waals surface area (Å²) in [4.78, 5) is 10.4. The van der Waals surface area contributed by atoms with Crippen LogP contribution >= 0.6 is 0 Å². The van der Waals surface area contributed by atoms with Gasteiger partial charge in [-0.05, 0) is 36.7 Å². The number of hydrogen-bond acceptors (Lipinski definition) is 2. The van der Waals surface area contributed by atoms with Crippen molar-refractivity contribution in [2.45, 2.75) is 19.3 Å². The molecular formula is C8H9KO2. The Morgan fingerprint density at radius 3 is 2.55 bits per heavy atom. The number of allylic oxidation sites excluding steroid dienone is 1. The molecule has 11 heavy (non-hydrogen) atoms. The minimum atomic E-state index is -0.952. The molecule has 3 heteroatoms.